The van der Waals surface area contributed by atoms with Gasteiger partial charge in [-0.25, -0.2) is 4.98 Å². The maximum absolute atomic E-state index is 12.9. The molecular weight excluding hydrogens is 403 g/mol. The fourth-order valence-electron chi connectivity index (χ4n) is 2.79. The summed E-state index contributed by atoms with van der Waals surface area (Å²) in [5.74, 6) is 0.793. The predicted octanol–water partition coefficient (Wildman–Crippen LogP) is 5.49. The van der Waals surface area contributed by atoms with Crippen LogP contribution in [0.1, 0.15) is 5.56 Å². The molecule has 0 aliphatic rings. The van der Waals surface area contributed by atoms with Gasteiger partial charge in [0.15, 0.2) is 0 Å². The highest BCUT2D eigenvalue weighted by Gasteiger charge is 2.11. The number of aromatic nitrogens is 2. The zero-order valence-corrected chi connectivity index (χ0v) is 16.6. The van der Waals surface area contributed by atoms with Gasteiger partial charge in [-0.2, -0.15) is 0 Å². The van der Waals surface area contributed by atoms with Gasteiger partial charge in [0.25, 0.3) is 5.56 Å². The monoisotopic (exact) mass is 416 g/mol. The summed E-state index contributed by atoms with van der Waals surface area (Å²) in [4.78, 5) is 18.3. The Hall–Kier alpha value is -2.34. The van der Waals surface area contributed by atoms with Crippen molar-refractivity contribution in [2.24, 2.45) is 0 Å². The molecule has 2 heterocycles. The largest absolute Gasteiger partial charge is 0.497 e. The fourth-order valence-corrected chi connectivity index (χ4v) is 4.18. The van der Waals surface area contributed by atoms with Gasteiger partial charge in [0.1, 0.15) is 10.4 Å². The number of fused-ring (bicyclic) bond motifs is 1. The zero-order chi connectivity index (χ0) is 19.0. The Morgan fingerprint density at radius 2 is 1.85 bits per heavy atom. The molecule has 7 heteroatoms. The molecule has 0 amide bonds. The summed E-state index contributed by atoms with van der Waals surface area (Å²) in [6.45, 7) is 0.383. The van der Waals surface area contributed by atoms with E-state index in [4.69, 9.17) is 27.9 Å². The number of benzene rings is 2. The third-order valence-corrected chi connectivity index (χ3v) is 6.12. The quantitative estimate of drug-likeness (QED) is 0.441. The Morgan fingerprint density at radius 1 is 1.07 bits per heavy atom. The van der Waals surface area contributed by atoms with Crippen LogP contribution in [-0.2, 0) is 6.54 Å². The molecule has 0 saturated heterocycles. The highest BCUT2D eigenvalue weighted by molar-refractivity contribution is 7.22. The number of ether oxygens (including phenoxy) is 1. The van der Waals surface area contributed by atoms with Crippen LogP contribution < -0.4 is 10.3 Å². The van der Waals surface area contributed by atoms with Crippen LogP contribution in [0.4, 0.5) is 0 Å². The molecule has 27 heavy (non-hydrogen) atoms. The van der Waals surface area contributed by atoms with Crippen LogP contribution in [0.3, 0.4) is 0 Å². The smallest absolute Gasteiger partial charge is 0.271 e. The molecule has 0 N–H and O–H groups in total. The second-order valence-electron chi connectivity index (χ2n) is 5.98. The standard InChI is InChI=1S/C20H14Cl2N2O2S/c1-26-14-5-3-13(4-6-14)18-9-17-19(27-18)20(25)24(11-23-17)10-12-2-7-15(21)16(22)8-12/h2-9,11H,10H2,1H3. The van der Waals surface area contributed by atoms with Gasteiger partial charge in [0.2, 0.25) is 0 Å². The molecule has 0 saturated carbocycles. The molecule has 4 rings (SSSR count). The second kappa shape index (κ2) is 7.35. The van der Waals surface area contributed by atoms with E-state index >= 15 is 0 Å². The number of methoxy groups -OCH3 is 1. The first-order valence-corrected chi connectivity index (χ1v) is 9.70. The van der Waals surface area contributed by atoms with E-state index in [-0.39, 0.29) is 5.56 Å². The first-order chi connectivity index (χ1) is 13.0. The number of hydrogen-bond acceptors (Lipinski definition) is 4. The second-order valence-corrected chi connectivity index (χ2v) is 7.85. The highest BCUT2D eigenvalue weighted by Crippen LogP contribution is 2.31. The maximum atomic E-state index is 12.9. The van der Waals surface area contributed by atoms with Crippen molar-refractivity contribution in [3.8, 4) is 16.2 Å². The summed E-state index contributed by atoms with van der Waals surface area (Å²) in [7, 11) is 1.63. The SMILES string of the molecule is COc1ccc(-c2cc3ncn(Cc4ccc(Cl)c(Cl)c4)c(=O)c3s2)cc1. The Bertz CT molecular complexity index is 1180. The maximum Gasteiger partial charge on any atom is 0.271 e. The van der Waals surface area contributed by atoms with Crippen LogP contribution >= 0.6 is 34.5 Å². The summed E-state index contributed by atoms with van der Waals surface area (Å²) in [5, 5.41) is 0.956. The van der Waals surface area contributed by atoms with Gasteiger partial charge in [-0.3, -0.25) is 9.36 Å². The van der Waals surface area contributed by atoms with E-state index < -0.39 is 0 Å². The van der Waals surface area contributed by atoms with Crippen molar-refractivity contribution < 1.29 is 4.74 Å². The minimum Gasteiger partial charge on any atom is -0.497 e. The van der Waals surface area contributed by atoms with Crippen molar-refractivity contribution in [1.29, 1.82) is 0 Å². The van der Waals surface area contributed by atoms with E-state index in [0.29, 0.717) is 26.8 Å². The molecule has 0 aliphatic carbocycles. The van der Waals surface area contributed by atoms with Gasteiger partial charge in [0, 0.05) is 4.88 Å². The van der Waals surface area contributed by atoms with Crippen LogP contribution in [0.2, 0.25) is 10.0 Å². The Kier molecular flexibility index (Phi) is 4.91. The number of thiophene rings is 1. The molecule has 4 aromatic rings. The summed E-state index contributed by atoms with van der Waals surface area (Å²) in [6.07, 6.45) is 1.57. The molecule has 2 aromatic carbocycles. The lowest BCUT2D eigenvalue weighted by molar-refractivity contribution is 0.415. The van der Waals surface area contributed by atoms with E-state index in [2.05, 4.69) is 4.98 Å². The van der Waals surface area contributed by atoms with E-state index in [0.717, 1.165) is 21.8 Å². The zero-order valence-electron chi connectivity index (χ0n) is 14.3. The molecule has 0 aliphatic heterocycles. The normalized spacial score (nSPS) is 11.1. The molecule has 2 aromatic heterocycles. The third-order valence-electron chi connectivity index (χ3n) is 4.22. The number of rotatable bonds is 4. The summed E-state index contributed by atoms with van der Waals surface area (Å²) in [6, 6.07) is 15.0. The summed E-state index contributed by atoms with van der Waals surface area (Å²) < 4.78 is 7.40. The van der Waals surface area contributed by atoms with Crippen molar-refractivity contribution in [1.82, 2.24) is 9.55 Å². The van der Waals surface area contributed by atoms with Gasteiger partial charge in [-0.05, 0) is 53.6 Å². The Balaban J connectivity index is 1.71. The molecule has 0 radical (unpaired) electrons. The summed E-state index contributed by atoms with van der Waals surface area (Å²) >= 11 is 13.5. The van der Waals surface area contributed by atoms with Crippen molar-refractivity contribution in [2.75, 3.05) is 7.11 Å². The molecule has 0 bridgehead atoms. The van der Waals surface area contributed by atoms with E-state index in [1.165, 1.54) is 11.3 Å². The molecule has 0 spiro atoms. The average molecular weight is 417 g/mol. The molecule has 0 atom stereocenters. The van der Waals surface area contributed by atoms with Crippen LogP contribution in [0.15, 0.2) is 59.7 Å². The first-order valence-electron chi connectivity index (χ1n) is 8.12. The number of hydrogen-bond donors (Lipinski definition) is 0. The van der Waals surface area contributed by atoms with Gasteiger partial charge < -0.3 is 4.74 Å². The van der Waals surface area contributed by atoms with Crippen molar-refractivity contribution in [2.45, 2.75) is 6.54 Å². The molecule has 0 unspecified atom stereocenters. The lowest BCUT2D eigenvalue weighted by Crippen LogP contribution is -2.20. The Morgan fingerprint density at radius 3 is 2.56 bits per heavy atom. The molecular formula is C20H14Cl2N2O2S. The fraction of sp³-hybridized carbons (Fsp3) is 0.100. The van der Waals surface area contributed by atoms with E-state index in [1.807, 2.05) is 36.4 Å². The van der Waals surface area contributed by atoms with Gasteiger partial charge in [-0.15, -0.1) is 11.3 Å². The molecule has 0 fully saturated rings. The predicted molar refractivity (Wildman–Crippen MR) is 111 cm³/mol. The van der Waals surface area contributed by atoms with Crippen LogP contribution in [0, 0.1) is 0 Å². The molecule has 136 valence electrons. The average Bonchev–Trinajstić information content (AvgIpc) is 3.12. The van der Waals surface area contributed by atoms with E-state index in [9.17, 15) is 4.79 Å². The highest BCUT2D eigenvalue weighted by atomic mass is 35.5. The van der Waals surface area contributed by atoms with Crippen molar-refractivity contribution in [3.05, 3.63) is 80.8 Å². The van der Waals surface area contributed by atoms with Crippen molar-refractivity contribution >= 4 is 44.8 Å². The lowest BCUT2D eigenvalue weighted by atomic mass is 10.2. The van der Waals surface area contributed by atoms with Gasteiger partial charge in [-0.1, -0.05) is 29.3 Å². The number of halogens is 2. The Labute approximate surface area is 169 Å². The topological polar surface area (TPSA) is 44.1 Å². The lowest BCUT2D eigenvalue weighted by Gasteiger charge is -2.06. The molecule has 4 nitrogen and oxygen atoms in total. The van der Waals surface area contributed by atoms with Gasteiger partial charge in [0.05, 0.1) is 35.5 Å². The third kappa shape index (κ3) is 3.58. The van der Waals surface area contributed by atoms with E-state index in [1.54, 1.807) is 30.1 Å². The van der Waals surface area contributed by atoms with Crippen LogP contribution in [0.5, 0.6) is 5.75 Å². The first kappa shape index (κ1) is 18.0. The minimum absolute atomic E-state index is 0.0733. The van der Waals surface area contributed by atoms with Crippen LogP contribution in [-0.4, -0.2) is 16.7 Å². The summed E-state index contributed by atoms with van der Waals surface area (Å²) in [5.41, 5.74) is 2.53. The minimum atomic E-state index is -0.0733. The van der Waals surface area contributed by atoms with Crippen LogP contribution in [0.25, 0.3) is 20.7 Å². The number of nitrogens with zero attached hydrogens (tertiary/aromatic N) is 2. The van der Waals surface area contributed by atoms with Gasteiger partial charge >= 0.3 is 0 Å². The van der Waals surface area contributed by atoms with Crippen molar-refractivity contribution in [3.63, 3.8) is 0 Å².